The third-order valence-electron chi connectivity index (χ3n) is 9.11. The van der Waals surface area contributed by atoms with E-state index in [1.54, 1.807) is 43.7 Å². The Hall–Kier alpha value is -4.17. The highest BCUT2D eigenvalue weighted by Crippen LogP contribution is 2.42. The molecule has 2 saturated heterocycles. The van der Waals surface area contributed by atoms with E-state index in [4.69, 9.17) is 19.4 Å². The summed E-state index contributed by atoms with van der Waals surface area (Å²) >= 11 is 3.58. The fourth-order valence-corrected chi connectivity index (χ4v) is 8.43. The Balaban J connectivity index is 1.19. The molecule has 0 saturated carbocycles. The molecule has 16 heteroatoms. The van der Waals surface area contributed by atoms with E-state index in [0.29, 0.717) is 55.9 Å². The van der Waals surface area contributed by atoms with Gasteiger partial charge in [-0.15, -0.1) is 0 Å². The van der Waals surface area contributed by atoms with E-state index in [1.807, 2.05) is 37.6 Å². The molecule has 2 fully saturated rings. The average molecular weight is 763 g/mol. The molecule has 262 valence electrons. The highest BCUT2D eigenvalue weighted by molar-refractivity contribution is 9.10. The Bertz CT molecular complexity index is 2040. The average Bonchev–Trinajstić information content (AvgIpc) is 3.36. The minimum atomic E-state index is -2.78. The number of hydrogen-bond acceptors (Lipinski definition) is 13. The van der Waals surface area contributed by atoms with E-state index < -0.39 is 7.14 Å². The molecule has 2 aliphatic heterocycles. The number of anilines is 5. The third kappa shape index (κ3) is 7.32. The van der Waals surface area contributed by atoms with Crippen LogP contribution in [-0.4, -0.2) is 105 Å². The lowest BCUT2D eigenvalue weighted by Gasteiger charge is -2.39. The van der Waals surface area contributed by atoms with Crippen molar-refractivity contribution in [2.45, 2.75) is 25.3 Å². The molecule has 2 N–H and O–H groups in total. The van der Waals surface area contributed by atoms with Gasteiger partial charge in [0.15, 0.2) is 0 Å². The monoisotopic (exact) mass is 761 g/mol. The van der Waals surface area contributed by atoms with Crippen molar-refractivity contribution >= 4 is 68.4 Å². The molecule has 7 rings (SSSR count). The van der Waals surface area contributed by atoms with Gasteiger partial charge in [-0.1, -0.05) is 0 Å². The maximum Gasteiger partial charge on any atom is 0.239 e. The largest absolute Gasteiger partial charge is 0.479 e. The van der Waals surface area contributed by atoms with Crippen molar-refractivity contribution in [1.29, 1.82) is 0 Å². The molecule has 0 aliphatic carbocycles. The summed E-state index contributed by atoms with van der Waals surface area (Å²) in [6, 6.07) is 6.27. The van der Waals surface area contributed by atoms with Gasteiger partial charge in [-0.3, -0.25) is 19.5 Å². The quantitative estimate of drug-likeness (QED) is 0.185. The summed E-state index contributed by atoms with van der Waals surface area (Å²) < 4.78 is 27.5. The number of pyridine rings is 1. The molecule has 6 heterocycles. The van der Waals surface area contributed by atoms with Gasteiger partial charge in [0.2, 0.25) is 11.8 Å². The second-order valence-electron chi connectivity index (χ2n) is 12.9. The first-order chi connectivity index (χ1) is 24.2. The van der Waals surface area contributed by atoms with E-state index in [0.717, 1.165) is 75.6 Å². The van der Waals surface area contributed by atoms with E-state index in [9.17, 15) is 4.57 Å². The number of halogens is 1. The van der Waals surface area contributed by atoms with Crippen LogP contribution in [0, 0.1) is 0 Å². The standard InChI is InChI=1S/C34H41BrN11O3P/c1-44-21-22(19-39-44)24-18-28(33(48-2)43-32(24)46-13-8-23(9-14-46)45-12-5-16-49-17-15-45)41-34-38-20-25(35)31(42-34)40-27-7-6-26-29(37-11-10-36-26)30(27)50(3,4)47/h6-7,10-11,18-21,23H,5,8-9,12-17H2,1-4H3,(H2,38,40,41,42). The van der Waals surface area contributed by atoms with Crippen molar-refractivity contribution in [3.63, 3.8) is 0 Å². The van der Waals surface area contributed by atoms with Gasteiger partial charge < -0.3 is 29.6 Å². The SMILES string of the molecule is COc1nc(N2CCC(N3CCCOCC3)CC2)c(-c2cnn(C)c2)cc1Nc1ncc(Br)c(Nc2ccc3nccnc3c2P(C)(C)=O)n1. The summed E-state index contributed by atoms with van der Waals surface area (Å²) in [5, 5.41) is 11.8. The lowest BCUT2D eigenvalue weighted by molar-refractivity contribution is 0.125. The van der Waals surface area contributed by atoms with Crippen LogP contribution in [0.3, 0.4) is 0 Å². The summed E-state index contributed by atoms with van der Waals surface area (Å²) in [5.74, 6) is 2.08. The van der Waals surface area contributed by atoms with Crippen LogP contribution in [0.25, 0.3) is 22.2 Å². The number of fused-ring (bicyclic) bond motifs is 1. The molecule has 5 aromatic rings. The number of aromatic nitrogens is 7. The smallest absolute Gasteiger partial charge is 0.239 e. The minimum absolute atomic E-state index is 0.321. The molecule has 0 bridgehead atoms. The highest BCUT2D eigenvalue weighted by atomic mass is 79.9. The Morgan fingerprint density at radius 2 is 1.80 bits per heavy atom. The van der Waals surface area contributed by atoms with Gasteiger partial charge >= 0.3 is 0 Å². The van der Waals surface area contributed by atoms with Crippen LogP contribution in [0.15, 0.2) is 53.7 Å². The number of rotatable bonds is 9. The van der Waals surface area contributed by atoms with Crippen LogP contribution < -0.4 is 25.6 Å². The normalized spacial score (nSPS) is 16.4. The Morgan fingerprint density at radius 3 is 2.56 bits per heavy atom. The van der Waals surface area contributed by atoms with Gasteiger partial charge in [0, 0.05) is 81.8 Å². The number of nitrogens with one attached hydrogen (secondary N) is 2. The topological polar surface area (TPSA) is 148 Å². The number of ether oxygens (including phenoxy) is 2. The molecule has 2 aliphatic rings. The van der Waals surface area contributed by atoms with Crippen LogP contribution in [0.5, 0.6) is 5.88 Å². The Morgan fingerprint density at radius 1 is 0.980 bits per heavy atom. The molecule has 0 radical (unpaired) electrons. The van der Waals surface area contributed by atoms with E-state index >= 15 is 0 Å². The Labute approximate surface area is 299 Å². The molecule has 50 heavy (non-hydrogen) atoms. The summed E-state index contributed by atoms with van der Waals surface area (Å²) in [5.41, 5.74) is 4.38. The van der Waals surface area contributed by atoms with Crippen LogP contribution in [0.2, 0.25) is 0 Å². The van der Waals surface area contributed by atoms with E-state index in [1.165, 1.54) is 0 Å². The van der Waals surface area contributed by atoms with Crippen molar-refractivity contribution in [1.82, 2.24) is 39.6 Å². The summed E-state index contributed by atoms with van der Waals surface area (Å²) in [6.45, 7) is 8.94. The maximum atomic E-state index is 13.5. The van der Waals surface area contributed by atoms with E-state index in [-0.39, 0.29) is 0 Å². The number of aryl methyl sites for hydroxylation is 1. The summed E-state index contributed by atoms with van der Waals surface area (Å²) in [7, 11) is 0.744. The predicted octanol–water partition coefficient (Wildman–Crippen LogP) is 5.41. The number of methoxy groups -OCH3 is 1. The zero-order valence-electron chi connectivity index (χ0n) is 28.6. The van der Waals surface area contributed by atoms with Crippen molar-refractivity contribution in [2.24, 2.45) is 7.05 Å². The predicted molar refractivity (Wildman–Crippen MR) is 200 cm³/mol. The summed E-state index contributed by atoms with van der Waals surface area (Å²) in [4.78, 5) is 28.2. The first-order valence-electron chi connectivity index (χ1n) is 16.7. The number of benzene rings is 1. The van der Waals surface area contributed by atoms with Crippen molar-refractivity contribution in [3.05, 3.63) is 53.7 Å². The molecule has 1 aromatic carbocycles. The van der Waals surface area contributed by atoms with Gasteiger partial charge in [-0.2, -0.15) is 15.1 Å². The number of nitrogens with zero attached hydrogens (tertiary/aromatic N) is 9. The van der Waals surface area contributed by atoms with Crippen molar-refractivity contribution in [3.8, 4) is 17.0 Å². The van der Waals surface area contributed by atoms with Crippen LogP contribution >= 0.6 is 23.1 Å². The van der Waals surface area contributed by atoms with Gasteiger partial charge in [-0.05, 0) is 66.7 Å². The zero-order chi connectivity index (χ0) is 34.8. The zero-order valence-corrected chi connectivity index (χ0v) is 31.1. The van der Waals surface area contributed by atoms with Crippen molar-refractivity contribution < 1.29 is 14.0 Å². The molecule has 0 atom stereocenters. The molecule has 0 spiro atoms. The van der Waals surface area contributed by atoms with E-state index in [2.05, 4.69) is 56.4 Å². The summed E-state index contributed by atoms with van der Waals surface area (Å²) in [6.07, 6.45) is 11.9. The van der Waals surface area contributed by atoms with Gasteiger partial charge in [0.1, 0.15) is 30.0 Å². The third-order valence-corrected chi connectivity index (χ3v) is 11.2. The molecule has 14 nitrogen and oxygen atoms in total. The van der Waals surface area contributed by atoms with Crippen LogP contribution in [0.4, 0.5) is 29.0 Å². The maximum absolute atomic E-state index is 13.5. The highest BCUT2D eigenvalue weighted by Gasteiger charge is 2.29. The molecule has 0 unspecified atom stereocenters. The number of hydrogen-bond donors (Lipinski definition) is 2. The van der Waals surface area contributed by atoms with Crippen LogP contribution in [-0.2, 0) is 16.3 Å². The second-order valence-corrected chi connectivity index (χ2v) is 16.9. The lowest BCUT2D eigenvalue weighted by atomic mass is 10.0. The molecular formula is C34H41BrN11O3P. The Kier molecular flexibility index (Phi) is 10.0. The first kappa shape index (κ1) is 34.3. The molecule has 0 amide bonds. The fraction of sp³-hybridized carbons (Fsp3) is 0.412. The van der Waals surface area contributed by atoms with Crippen LogP contribution in [0.1, 0.15) is 19.3 Å². The van der Waals surface area contributed by atoms with Crippen molar-refractivity contribution in [2.75, 3.05) is 75.4 Å². The molecular weight excluding hydrogens is 721 g/mol. The van der Waals surface area contributed by atoms with Gasteiger partial charge in [-0.25, -0.2) is 4.98 Å². The minimum Gasteiger partial charge on any atom is -0.479 e. The lowest BCUT2D eigenvalue weighted by Crippen LogP contribution is -2.46. The fourth-order valence-electron chi connectivity index (χ4n) is 6.75. The van der Waals surface area contributed by atoms with Gasteiger partial charge in [0.05, 0.1) is 40.9 Å². The number of piperidine rings is 1. The molecule has 4 aromatic heterocycles. The van der Waals surface area contributed by atoms with Gasteiger partial charge in [0.25, 0.3) is 0 Å². The first-order valence-corrected chi connectivity index (χ1v) is 20.1. The second kappa shape index (κ2) is 14.6.